The first-order valence-electron chi connectivity index (χ1n) is 11.3. The predicted molar refractivity (Wildman–Crippen MR) is 131 cm³/mol. The Bertz CT molecular complexity index is 1250. The van der Waals surface area contributed by atoms with Gasteiger partial charge in [-0.05, 0) is 60.4 Å². The Kier molecular flexibility index (Phi) is 5.40. The number of nitrogens with zero attached hydrogens (tertiary/aromatic N) is 5. The summed E-state index contributed by atoms with van der Waals surface area (Å²) in [6, 6.07) is 9.50. The van der Waals surface area contributed by atoms with E-state index in [1.807, 2.05) is 22.8 Å². The number of likely N-dealkylation sites (tertiary alicyclic amines) is 1. The van der Waals surface area contributed by atoms with Crippen LogP contribution in [-0.2, 0) is 6.67 Å². The number of pyridine rings is 1. The van der Waals surface area contributed by atoms with E-state index in [1.54, 1.807) is 12.1 Å². The minimum absolute atomic E-state index is 0.0280. The molecule has 0 spiro atoms. The van der Waals surface area contributed by atoms with Gasteiger partial charge >= 0.3 is 0 Å². The number of fused-ring (bicyclic) bond motifs is 3. The lowest BCUT2D eigenvalue weighted by molar-refractivity contribution is 0.0995. The molecule has 8 heteroatoms. The lowest BCUT2D eigenvalue weighted by atomic mass is 9.65. The Morgan fingerprint density at radius 2 is 1.97 bits per heavy atom. The van der Waals surface area contributed by atoms with Crippen LogP contribution in [0.5, 0.6) is 5.88 Å². The molecule has 1 N–H and O–H groups in total. The molecule has 33 heavy (non-hydrogen) atoms. The van der Waals surface area contributed by atoms with Crippen molar-refractivity contribution in [3.05, 3.63) is 52.8 Å². The number of carbonyl (C=O) groups excluding carboxylic acids is 1. The average molecular weight is 510 g/mol. The summed E-state index contributed by atoms with van der Waals surface area (Å²) in [6.45, 7) is 8.69. The van der Waals surface area contributed by atoms with Gasteiger partial charge in [-0.2, -0.15) is 0 Å². The standard InChI is InChI=1S/C25H28BrN5O2/c1-24(2)11-18-12-25(3,13-24)14-30(18)15-31-20-5-4-17(26)10-19(20)21(23(31)33)28-29-22(32)16-6-8-27-9-7-16/h4-10,18,33H,11-15H2,1-3H3/t18-,25-/m0/s1. The Morgan fingerprint density at radius 3 is 2.73 bits per heavy atom. The lowest BCUT2D eigenvalue weighted by Gasteiger charge is -2.40. The zero-order chi connectivity index (χ0) is 23.4. The minimum Gasteiger partial charge on any atom is -0.493 e. The summed E-state index contributed by atoms with van der Waals surface area (Å²) < 4.78 is 2.76. The largest absolute Gasteiger partial charge is 0.493 e. The van der Waals surface area contributed by atoms with Crippen LogP contribution in [0.4, 0.5) is 5.69 Å². The quantitative estimate of drug-likeness (QED) is 0.419. The van der Waals surface area contributed by atoms with Gasteiger partial charge in [0.15, 0.2) is 5.69 Å². The normalized spacial score (nSPS) is 24.7. The molecule has 1 aliphatic carbocycles. The number of rotatable bonds is 4. The molecule has 1 saturated heterocycles. The van der Waals surface area contributed by atoms with Crippen molar-refractivity contribution >= 4 is 38.4 Å². The maximum Gasteiger partial charge on any atom is 0.295 e. The minimum atomic E-state index is -0.476. The Morgan fingerprint density at radius 1 is 1.21 bits per heavy atom. The van der Waals surface area contributed by atoms with Crippen molar-refractivity contribution in [2.45, 2.75) is 52.7 Å². The summed E-state index contributed by atoms with van der Waals surface area (Å²) >= 11 is 3.51. The average Bonchev–Trinajstić information content (AvgIpc) is 3.15. The summed E-state index contributed by atoms with van der Waals surface area (Å²) in [6.07, 6.45) is 6.64. The number of aromatic hydroxyl groups is 1. The molecule has 1 amide bonds. The van der Waals surface area contributed by atoms with Crippen LogP contribution in [0.15, 0.2) is 57.4 Å². The van der Waals surface area contributed by atoms with E-state index < -0.39 is 5.91 Å². The molecular weight excluding hydrogens is 482 g/mol. The van der Waals surface area contributed by atoms with Crippen molar-refractivity contribution in [2.24, 2.45) is 21.1 Å². The number of benzene rings is 1. The fraction of sp³-hybridized carbons (Fsp3) is 0.440. The van der Waals surface area contributed by atoms with Crippen molar-refractivity contribution in [1.82, 2.24) is 14.5 Å². The highest BCUT2D eigenvalue weighted by Gasteiger charge is 2.49. The van der Waals surface area contributed by atoms with Gasteiger partial charge in [0.25, 0.3) is 5.91 Å². The third kappa shape index (κ3) is 4.22. The van der Waals surface area contributed by atoms with Crippen molar-refractivity contribution in [3.8, 4) is 5.88 Å². The second kappa shape index (κ2) is 8.02. The SMILES string of the molecule is CC1(C)C[C@H]2C[C@](C)(CN2Cn2c(O)c(N=NC(=O)c3ccncc3)c3cc(Br)ccc32)C1. The molecular formula is C25H28BrN5O2. The van der Waals surface area contributed by atoms with Gasteiger partial charge in [-0.25, -0.2) is 0 Å². The summed E-state index contributed by atoms with van der Waals surface area (Å²) in [5.41, 5.74) is 2.20. The van der Waals surface area contributed by atoms with Crippen LogP contribution in [-0.4, -0.2) is 38.1 Å². The van der Waals surface area contributed by atoms with Crippen LogP contribution in [0.1, 0.15) is 50.4 Å². The maximum absolute atomic E-state index is 12.4. The third-order valence-corrected chi connectivity index (χ3v) is 7.48. The summed E-state index contributed by atoms with van der Waals surface area (Å²) in [5.74, 6) is -0.448. The van der Waals surface area contributed by atoms with E-state index >= 15 is 0 Å². The molecule has 2 atom stereocenters. The fourth-order valence-corrected chi connectivity index (χ4v) is 6.47. The van der Waals surface area contributed by atoms with Crippen LogP contribution in [0.3, 0.4) is 0 Å². The van der Waals surface area contributed by atoms with Crippen LogP contribution >= 0.6 is 15.9 Å². The molecule has 2 bridgehead atoms. The molecule has 1 aromatic carbocycles. The number of aromatic nitrogens is 2. The molecule has 2 aliphatic rings. The molecule has 1 saturated carbocycles. The van der Waals surface area contributed by atoms with Crippen molar-refractivity contribution in [1.29, 1.82) is 0 Å². The van der Waals surface area contributed by atoms with Gasteiger partial charge in [-0.1, -0.05) is 36.7 Å². The van der Waals surface area contributed by atoms with Crippen molar-refractivity contribution < 1.29 is 9.90 Å². The predicted octanol–water partition coefficient (Wildman–Crippen LogP) is 6.29. The topological polar surface area (TPSA) is 83.1 Å². The zero-order valence-electron chi connectivity index (χ0n) is 19.1. The van der Waals surface area contributed by atoms with E-state index in [-0.39, 0.29) is 5.88 Å². The molecule has 3 aromatic rings. The van der Waals surface area contributed by atoms with Gasteiger partial charge in [0, 0.05) is 40.4 Å². The molecule has 2 fully saturated rings. The molecule has 172 valence electrons. The van der Waals surface area contributed by atoms with Gasteiger partial charge in [0.05, 0.1) is 12.2 Å². The van der Waals surface area contributed by atoms with E-state index in [4.69, 9.17) is 0 Å². The van der Waals surface area contributed by atoms with E-state index in [0.29, 0.717) is 34.8 Å². The van der Waals surface area contributed by atoms with E-state index in [1.165, 1.54) is 25.2 Å². The highest BCUT2D eigenvalue weighted by Crippen LogP contribution is 2.53. The smallest absolute Gasteiger partial charge is 0.295 e. The first kappa shape index (κ1) is 22.2. The first-order chi connectivity index (χ1) is 15.6. The second-order valence-corrected chi connectivity index (χ2v) is 11.5. The van der Waals surface area contributed by atoms with E-state index in [0.717, 1.165) is 28.3 Å². The molecule has 0 unspecified atom stereocenters. The Balaban J connectivity index is 1.50. The van der Waals surface area contributed by atoms with Crippen molar-refractivity contribution in [3.63, 3.8) is 0 Å². The zero-order valence-corrected chi connectivity index (χ0v) is 20.7. The number of carbonyl (C=O) groups is 1. The van der Waals surface area contributed by atoms with E-state index in [2.05, 4.69) is 56.8 Å². The molecule has 2 aromatic heterocycles. The van der Waals surface area contributed by atoms with Gasteiger partial charge in [0.1, 0.15) is 0 Å². The van der Waals surface area contributed by atoms with Crippen LogP contribution in [0.2, 0.25) is 0 Å². The maximum atomic E-state index is 12.4. The Hall–Kier alpha value is -2.58. The van der Waals surface area contributed by atoms with Crippen LogP contribution < -0.4 is 0 Å². The van der Waals surface area contributed by atoms with Gasteiger partial charge in [0.2, 0.25) is 5.88 Å². The van der Waals surface area contributed by atoms with Gasteiger partial charge < -0.3 is 5.11 Å². The number of hydrogen-bond acceptors (Lipinski definition) is 5. The first-order valence-corrected chi connectivity index (χ1v) is 12.0. The van der Waals surface area contributed by atoms with Crippen LogP contribution in [0, 0.1) is 10.8 Å². The summed E-state index contributed by atoms with van der Waals surface area (Å²) in [5, 5.41) is 20.0. The molecule has 5 rings (SSSR count). The van der Waals surface area contributed by atoms with Crippen molar-refractivity contribution in [2.75, 3.05) is 6.54 Å². The molecule has 0 radical (unpaired) electrons. The number of hydrogen-bond donors (Lipinski definition) is 1. The number of halogens is 1. The van der Waals surface area contributed by atoms with Gasteiger partial charge in [-0.3, -0.25) is 19.2 Å². The van der Waals surface area contributed by atoms with E-state index in [9.17, 15) is 9.90 Å². The number of azo groups is 1. The summed E-state index contributed by atoms with van der Waals surface area (Å²) in [4.78, 5) is 18.9. The molecule has 7 nitrogen and oxygen atoms in total. The molecule has 3 heterocycles. The Labute approximate surface area is 201 Å². The number of amides is 1. The fourth-order valence-electron chi connectivity index (χ4n) is 6.11. The van der Waals surface area contributed by atoms with Gasteiger partial charge in [-0.15, -0.1) is 10.2 Å². The monoisotopic (exact) mass is 509 g/mol. The second-order valence-electron chi connectivity index (χ2n) is 10.6. The highest BCUT2D eigenvalue weighted by molar-refractivity contribution is 9.10. The molecule has 1 aliphatic heterocycles. The highest BCUT2D eigenvalue weighted by atomic mass is 79.9. The summed E-state index contributed by atoms with van der Waals surface area (Å²) in [7, 11) is 0. The van der Waals surface area contributed by atoms with Crippen LogP contribution in [0.25, 0.3) is 10.9 Å². The lowest BCUT2D eigenvalue weighted by Crippen LogP contribution is -2.35. The third-order valence-electron chi connectivity index (χ3n) is 6.99.